The Morgan fingerprint density at radius 1 is 0.875 bits per heavy atom. The van der Waals surface area contributed by atoms with Gasteiger partial charge in [0.05, 0.1) is 7.11 Å². The third kappa shape index (κ3) is 4.07. The Balaban J connectivity index is 3.45. The molecule has 0 aliphatic heterocycles. The lowest BCUT2D eigenvalue weighted by molar-refractivity contribution is -0.0503. The lowest BCUT2D eigenvalue weighted by Crippen LogP contribution is -2.45. The summed E-state index contributed by atoms with van der Waals surface area (Å²) >= 11 is -0.763. The Labute approximate surface area is 136 Å². The van der Waals surface area contributed by atoms with Crippen molar-refractivity contribution in [2.24, 2.45) is 0 Å². The van der Waals surface area contributed by atoms with E-state index in [1.165, 1.54) is 7.11 Å². The van der Waals surface area contributed by atoms with Gasteiger partial charge in [-0.1, -0.05) is 0 Å². The molecule has 0 atom stereocenters. The second-order valence-corrected chi connectivity index (χ2v) is 9.10. The van der Waals surface area contributed by atoms with Gasteiger partial charge < -0.3 is 4.74 Å². The maximum Gasteiger partial charge on any atom is 0.513 e. The number of hydrogen-bond donors (Lipinski definition) is 0. The molecule has 1 aromatic rings. The minimum Gasteiger partial charge on any atom is -0.497 e. The fourth-order valence-electron chi connectivity index (χ4n) is 1.12. The molecule has 0 heterocycles. The van der Waals surface area contributed by atoms with E-state index >= 15 is 0 Å². The van der Waals surface area contributed by atoms with E-state index in [1.807, 2.05) is 0 Å². The Kier molecular flexibility index (Phi) is 5.74. The van der Waals surface area contributed by atoms with Gasteiger partial charge in [0.15, 0.2) is 0 Å². The van der Waals surface area contributed by atoms with Crippen molar-refractivity contribution in [3.05, 3.63) is 24.3 Å². The largest absolute Gasteiger partial charge is 0.513 e. The highest BCUT2D eigenvalue weighted by atomic mass is 32.3. The average Bonchev–Trinajstić information content (AvgIpc) is 2.42. The normalized spacial score (nSPS) is 14.0. The summed E-state index contributed by atoms with van der Waals surface area (Å²) in [7, 11) is -12.5. The zero-order chi connectivity index (χ0) is 19.0. The second kappa shape index (κ2) is 6.61. The first-order valence-corrected chi connectivity index (χ1v) is 9.05. The lowest BCUT2D eigenvalue weighted by atomic mass is 10.3. The smallest absolute Gasteiger partial charge is 0.497 e. The highest BCUT2D eigenvalue weighted by Gasteiger charge is 2.62. The maximum absolute atomic E-state index is 12.5. The summed E-state index contributed by atoms with van der Waals surface area (Å²) < 4.78 is 123. The van der Waals surface area contributed by atoms with Gasteiger partial charge in [0, 0.05) is 4.90 Å². The minimum atomic E-state index is -6.84. The average molecular weight is 419 g/mol. The van der Waals surface area contributed by atoms with Crippen LogP contribution in [0.25, 0.3) is 0 Å². The minimum absolute atomic E-state index is 0.156. The molecule has 0 bridgehead atoms. The zero-order valence-electron chi connectivity index (χ0n) is 11.3. The van der Waals surface area contributed by atoms with E-state index in [1.54, 1.807) is 0 Å². The molecule has 0 fully saturated rings. The molecule has 1 rings (SSSR count). The molecular weight excluding hydrogens is 412 g/mol. The number of sulfonamides is 2. The summed E-state index contributed by atoms with van der Waals surface area (Å²) in [5, 5.41) is 0. The first-order chi connectivity index (χ1) is 10.6. The predicted molar refractivity (Wildman–Crippen MR) is 70.6 cm³/mol. The molecule has 0 N–H and O–H groups in total. The number of rotatable bonds is 5. The summed E-state index contributed by atoms with van der Waals surface area (Å²) in [5.41, 5.74) is -12.5. The molecular formula is C9H7F6NO5S3. The molecule has 138 valence electrons. The van der Waals surface area contributed by atoms with E-state index in [0.717, 1.165) is 24.3 Å². The predicted octanol–water partition coefficient (Wildman–Crippen LogP) is 2.70. The topological polar surface area (TPSA) is 80.8 Å². The molecule has 0 saturated heterocycles. The Hall–Kier alpha value is -1.19. The number of ether oxygens (including phenoxy) is 1. The Bertz CT molecular complexity index is 740. The third-order valence-electron chi connectivity index (χ3n) is 2.22. The van der Waals surface area contributed by atoms with Gasteiger partial charge in [0.1, 0.15) is 5.75 Å². The van der Waals surface area contributed by atoms with E-state index < -0.39 is 51.0 Å². The molecule has 15 heteroatoms. The number of benzene rings is 1. The van der Waals surface area contributed by atoms with Crippen LogP contribution < -0.4 is 4.74 Å². The van der Waals surface area contributed by atoms with Crippen LogP contribution in [0.2, 0.25) is 0 Å². The molecule has 0 radical (unpaired) electrons. The van der Waals surface area contributed by atoms with Crippen LogP contribution in [0.1, 0.15) is 0 Å². The molecule has 0 saturated carbocycles. The van der Waals surface area contributed by atoms with Crippen LogP contribution in [-0.2, 0) is 20.0 Å². The van der Waals surface area contributed by atoms with Crippen molar-refractivity contribution < 1.29 is 47.9 Å². The van der Waals surface area contributed by atoms with Crippen LogP contribution in [0.15, 0.2) is 29.2 Å². The molecule has 0 unspecified atom stereocenters. The fraction of sp³-hybridized carbons (Fsp3) is 0.333. The summed E-state index contributed by atoms with van der Waals surface area (Å²) in [6.45, 7) is 0. The molecule has 0 amide bonds. The highest BCUT2D eigenvalue weighted by molar-refractivity contribution is 8.20. The van der Waals surface area contributed by atoms with Gasteiger partial charge in [0.25, 0.3) is 0 Å². The van der Waals surface area contributed by atoms with Crippen molar-refractivity contribution in [3.63, 3.8) is 0 Å². The van der Waals surface area contributed by atoms with Crippen molar-refractivity contribution in [1.29, 1.82) is 0 Å². The van der Waals surface area contributed by atoms with Gasteiger partial charge in [-0.05, 0) is 39.3 Å². The van der Waals surface area contributed by atoms with E-state index in [9.17, 15) is 43.2 Å². The molecule has 0 spiro atoms. The fourth-order valence-corrected chi connectivity index (χ4v) is 5.24. The molecule has 1 aromatic carbocycles. The van der Waals surface area contributed by atoms with Gasteiger partial charge in [0.2, 0.25) is 0 Å². The number of hydrogen-bond acceptors (Lipinski definition) is 6. The second-order valence-electron chi connectivity index (χ2n) is 3.83. The molecule has 0 aliphatic carbocycles. The zero-order valence-corrected chi connectivity index (χ0v) is 13.7. The van der Waals surface area contributed by atoms with Crippen LogP contribution >= 0.6 is 11.9 Å². The van der Waals surface area contributed by atoms with Gasteiger partial charge >= 0.3 is 31.1 Å². The number of nitrogens with zero attached hydrogens (tertiary/aromatic N) is 1. The van der Waals surface area contributed by atoms with E-state index in [0.29, 0.717) is 0 Å². The third-order valence-corrected chi connectivity index (χ3v) is 7.61. The quantitative estimate of drug-likeness (QED) is 0.539. The number of alkyl halides is 6. The van der Waals surface area contributed by atoms with E-state index in [2.05, 4.69) is 0 Å². The first-order valence-electron chi connectivity index (χ1n) is 5.39. The first kappa shape index (κ1) is 20.9. The van der Waals surface area contributed by atoms with Crippen LogP contribution in [0.4, 0.5) is 26.3 Å². The molecule has 24 heavy (non-hydrogen) atoms. The van der Waals surface area contributed by atoms with Gasteiger partial charge in [-0.15, -0.1) is 0 Å². The lowest BCUT2D eigenvalue weighted by Gasteiger charge is -2.22. The summed E-state index contributed by atoms with van der Waals surface area (Å²) in [4.78, 5) is -0.517. The number of methoxy groups -OCH3 is 1. The van der Waals surface area contributed by atoms with Crippen molar-refractivity contribution in [2.75, 3.05) is 7.11 Å². The van der Waals surface area contributed by atoms with Crippen molar-refractivity contribution >= 4 is 32.0 Å². The van der Waals surface area contributed by atoms with E-state index in [-0.39, 0.29) is 5.75 Å². The van der Waals surface area contributed by atoms with Crippen LogP contribution in [0, 0.1) is 0 Å². The standard InChI is InChI=1S/C9H7F6NO5S3/c1-21-6-2-4-7(5-3-6)22-16(23(17,18)8(10,11)12)24(19,20)9(13,14)15/h2-5H,1H3. The summed E-state index contributed by atoms with van der Waals surface area (Å²) in [6.07, 6.45) is 0. The highest BCUT2D eigenvalue weighted by Crippen LogP contribution is 2.42. The van der Waals surface area contributed by atoms with Gasteiger partial charge in [-0.25, -0.2) is 16.8 Å². The van der Waals surface area contributed by atoms with Crippen molar-refractivity contribution in [2.45, 2.75) is 15.9 Å². The van der Waals surface area contributed by atoms with Gasteiger partial charge in [-0.3, -0.25) is 0 Å². The van der Waals surface area contributed by atoms with Crippen LogP contribution in [-0.4, -0.2) is 38.1 Å². The maximum atomic E-state index is 12.5. The van der Waals surface area contributed by atoms with Crippen molar-refractivity contribution in [3.8, 4) is 5.75 Å². The monoisotopic (exact) mass is 419 g/mol. The molecule has 0 aromatic heterocycles. The van der Waals surface area contributed by atoms with Gasteiger partial charge in [-0.2, -0.15) is 26.3 Å². The Morgan fingerprint density at radius 2 is 1.25 bits per heavy atom. The molecule has 6 nitrogen and oxygen atoms in total. The van der Waals surface area contributed by atoms with Crippen LogP contribution in [0.5, 0.6) is 5.75 Å². The van der Waals surface area contributed by atoms with Crippen LogP contribution in [0.3, 0.4) is 0 Å². The molecule has 0 aliphatic rings. The van der Waals surface area contributed by atoms with Crippen molar-refractivity contribution in [1.82, 2.24) is 3.12 Å². The Morgan fingerprint density at radius 3 is 1.54 bits per heavy atom. The van der Waals surface area contributed by atoms with E-state index in [4.69, 9.17) is 4.74 Å². The number of halogens is 6. The SMILES string of the molecule is COc1ccc(SN(S(=O)(=O)C(F)(F)F)S(=O)(=O)C(F)(F)F)cc1. The summed E-state index contributed by atoms with van der Waals surface area (Å²) in [5.74, 6) is 0.156. The summed E-state index contributed by atoms with van der Waals surface area (Å²) in [6, 6.07) is 3.93.